The standard InChI is InChI=1S/C12H23N3/c1-4-6-8-15-11(3)14-10-12(15)9-13-7-5-2/h10,13H,4-9H2,1-3H3. The summed E-state index contributed by atoms with van der Waals surface area (Å²) in [6.45, 7) is 9.62. The maximum Gasteiger partial charge on any atom is 0.105 e. The second-order valence-corrected chi connectivity index (χ2v) is 3.98. The van der Waals surface area contributed by atoms with Crippen LogP contribution in [0.15, 0.2) is 6.20 Å². The van der Waals surface area contributed by atoms with Crippen LogP contribution in [0.3, 0.4) is 0 Å². The van der Waals surface area contributed by atoms with Gasteiger partial charge in [0.25, 0.3) is 0 Å². The molecule has 1 aromatic rings. The van der Waals surface area contributed by atoms with Crippen LogP contribution in [-0.2, 0) is 13.1 Å². The van der Waals surface area contributed by atoms with E-state index in [9.17, 15) is 0 Å². The molecular weight excluding hydrogens is 186 g/mol. The van der Waals surface area contributed by atoms with E-state index in [0.29, 0.717) is 0 Å². The van der Waals surface area contributed by atoms with Gasteiger partial charge in [-0.1, -0.05) is 20.3 Å². The van der Waals surface area contributed by atoms with Crippen LogP contribution >= 0.6 is 0 Å². The highest BCUT2D eigenvalue weighted by Gasteiger charge is 2.04. The molecule has 0 amide bonds. The predicted molar refractivity (Wildman–Crippen MR) is 63.9 cm³/mol. The van der Waals surface area contributed by atoms with Crippen LogP contribution in [0.4, 0.5) is 0 Å². The normalized spacial score (nSPS) is 10.9. The fraction of sp³-hybridized carbons (Fsp3) is 0.750. The molecule has 0 radical (unpaired) electrons. The number of hydrogen-bond acceptors (Lipinski definition) is 2. The molecule has 86 valence electrons. The summed E-state index contributed by atoms with van der Waals surface area (Å²) in [5.41, 5.74) is 1.31. The van der Waals surface area contributed by atoms with E-state index >= 15 is 0 Å². The molecule has 0 aromatic carbocycles. The Morgan fingerprint density at radius 1 is 1.33 bits per heavy atom. The molecule has 0 saturated heterocycles. The summed E-state index contributed by atoms with van der Waals surface area (Å²) in [5, 5.41) is 3.42. The molecule has 1 heterocycles. The third kappa shape index (κ3) is 3.67. The average molecular weight is 209 g/mol. The first-order valence-corrected chi connectivity index (χ1v) is 6.01. The van der Waals surface area contributed by atoms with E-state index < -0.39 is 0 Å². The van der Waals surface area contributed by atoms with Crippen LogP contribution < -0.4 is 5.32 Å². The van der Waals surface area contributed by atoms with Gasteiger partial charge < -0.3 is 9.88 Å². The number of nitrogens with one attached hydrogen (secondary N) is 1. The Hall–Kier alpha value is -0.830. The number of hydrogen-bond donors (Lipinski definition) is 1. The smallest absolute Gasteiger partial charge is 0.105 e. The molecule has 0 aliphatic rings. The Kier molecular flexibility index (Phi) is 5.40. The summed E-state index contributed by atoms with van der Waals surface area (Å²) in [6.07, 6.45) is 5.65. The lowest BCUT2D eigenvalue weighted by molar-refractivity contribution is 0.568. The van der Waals surface area contributed by atoms with Crippen molar-refractivity contribution >= 4 is 0 Å². The number of aryl methyl sites for hydroxylation is 1. The zero-order valence-corrected chi connectivity index (χ0v) is 10.2. The average Bonchev–Trinajstić information content (AvgIpc) is 2.58. The third-order valence-electron chi connectivity index (χ3n) is 2.61. The van der Waals surface area contributed by atoms with Crippen molar-refractivity contribution in [1.29, 1.82) is 0 Å². The summed E-state index contributed by atoms with van der Waals surface area (Å²) >= 11 is 0. The first-order chi connectivity index (χ1) is 7.29. The zero-order valence-electron chi connectivity index (χ0n) is 10.2. The van der Waals surface area contributed by atoms with Crippen LogP contribution in [0.1, 0.15) is 44.6 Å². The molecule has 0 bridgehead atoms. The fourth-order valence-corrected chi connectivity index (χ4v) is 1.67. The lowest BCUT2D eigenvalue weighted by Gasteiger charge is -2.10. The molecular formula is C12H23N3. The molecule has 0 spiro atoms. The summed E-state index contributed by atoms with van der Waals surface area (Å²) < 4.78 is 2.33. The monoisotopic (exact) mass is 209 g/mol. The van der Waals surface area contributed by atoms with Gasteiger partial charge in [0.15, 0.2) is 0 Å². The first kappa shape index (κ1) is 12.2. The summed E-state index contributed by atoms with van der Waals surface area (Å²) in [4.78, 5) is 4.37. The van der Waals surface area contributed by atoms with E-state index in [4.69, 9.17) is 0 Å². The van der Waals surface area contributed by atoms with Gasteiger partial charge in [-0.2, -0.15) is 0 Å². The number of imidazole rings is 1. The molecule has 0 aliphatic heterocycles. The Balaban J connectivity index is 2.53. The SMILES string of the molecule is CCCCn1c(CNCCC)cnc1C. The van der Waals surface area contributed by atoms with Gasteiger partial charge in [0.1, 0.15) is 5.82 Å². The fourth-order valence-electron chi connectivity index (χ4n) is 1.67. The van der Waals surface area contributed by atoms with Crippen LogP contribution in [0.25, 0.3) is 0 Å². The molecule has 15 heavy (non-hydrogen) atoms. The van der Waals surface area contributed by atoms with Gasteiger partial charge in [-0.25, -0.2) is 4.98 Å². The van der Waals surface area contributed by atoms with Crippen LogP contribution in [0, 0.1) is 6.92 Å². The van der Waals surface area contributed by atoms with Gasteiger partial charge in [0, 0.05) is 19.3 Å². The molecule has 1 aromatic heterocycles. The lowest BCUT2D eigenvalue weighted by atomic mass is 10.3. The molecule has 1 rings (SSSR count). The van der Waals surface area contributed by atoms with Crippen LogP contribution in [0.5, 0.6) is 0 Å². The van der Waals surface area contributed by atoms with Crippen molar-refractivity contribution in [2.24, 2.45) is 0 Å². The van der Waals surface area contributed by atoms with Crippen molar-refractivity contribution in [3.63, 3.8) is 0 Å². The maximum absolute atomic E-state index is 4.37. The van der Waals surface area contributed by atoms with Crippen LogP contribution in [0.2, 0.25) is 0 Å². The van der Waals surface area contributed by atoms with Gasteiger partial charge in [-0.05, 0) is 26.3 Å². The summed E-state index contributed by atoms with van der Waals surface area (Å²) in [6, 6.07) is 0. The van der Waals surface area contributed by atoms with Crippen molar-refractivity contribution in [3.8, 4) is 0 Å². The number of rotatable bonds is 7. The van der Waals surface area contributed by atoms with E-state index in [-0.39, 0.29) is 0 Å². The zero-order chi connectivity index (χ0) is 11.1. The predicted octanol–water partition coefficient (Wildman–Crippen LogP) is 2.49. The second kappa shape index (κ2) is 6.62. The highest BCUT2D eigenvalue weighted by molar-refractivity contribution is 5.04. The Labute approximate surface area is 92.9 Å². The van der Waals surface area contributed by atoms with E-state index in [1.807, 2.05) is 6.20 Å². The van der Waals surface area contributed by atoms with E-state index in [1.54, 1.807) is 0 Å². The van der Waals surface area contributed by atoms with Crippen molar-refractivity contribution < 1.29 is 0 Å². The molecule has 0 atom stereocenters. The minimum Gasteiger partial charge on any atom is -0.331 e. The molecule has 0 aliphatic carbocycles. The van der Waals surface area contributed by atoms with E-state index in [2.05, 4.69) is 35.6 Å². The van der Waals surface area contributed by atoms with Gasteiger partial charge in [0.05, 0.1) is 5.69 Å². The number of unbranched alkanes of at least 4 members (excludes halogenated alkanes) is 1. The van der Waals surface area contributed by atoms with Gasteiger partial charge in [0.2, 0.25) is 0 Å². The summed E-state index contributed by atoms with van der Waals surface area (Å²) in [7, 11) is 0. The quantitative estimate of drug-likeness (QED) is 0.699. The number of aromatic nitrogens is 2. The molecule has 1 N–H and O–H groups in total. The second-order valence-electron chi connectivity index (χ2n) is 3.98. The van der Waals surface area contributed by atoms with Crippen molar-refractivity contribution in [3.05, 3.63) is 17.7 Å². The Morgan fingerprint density at radius 2 is 2.13 bits per heavy atom. The third-order valence-corrected chi connectivity index (χ3v) is 2.61. The van der Waals surface area contributed by atoms with E-state index in [0.717, 1.165) is 25.5 Å². The maximum atomic E-state index is 4.37. The molecule has 0 fully saturated rings. The van der Waals surface area contributed by atoms with Crippen molar-refractivity contribution in [2.45, 2.75) is 53.1 Å². The van der Waals surface area contributed by atoms with Crippen LogP contribution in [-0.4, -0.2) is 16.1 Å². The molecule has 0 unspecified atom stereocenters. The highest BCUT2D eigenvalue weighted by atomic mass is 15.1. The summed E-state index contributed by atoms with van der Waals surface area (Å²) in [5.74, 6) is 1.14. The van der Waals surface area contributed by atoms with E-state index in [1.165, 1.54) is 25.0 Å². The largest absolute Gasteiger partial charge is 0.331 e. The minimum absolute atomic E-state index is 0.943. The molecule has 0 saturated carbocycles. The van der Waals surface area contributed by atoms with Crippen molar-refractivity contribution in [2.75, 3.05) is 6.54 Å². The Bertz CT molecular complexity index is 278. The highest BCUT2D eigenvalue weighted by Crippen LogP contribution is 2.06. The van der Waals surface area contributed by atoms with Gasteiger partial charge >= 0.3 is 0 Å². The Morgan fingerprint density at radius 3 is 2.80 bits per heavy atom. The van der Waals surface area contributed by atoms with Crippen molar-refractivity contribution in [1.82, 2.24) is 14.9 Å². The molecule has 3 heteroatoms. The molecule has 3 nitrogen and oxygen atoms in total. The lowest BCUT2D eigenvalue weighted by Crippen LogP contribution is -2.17. The number of nitrogens with zero attached hydrogens (tertiary/aromatic N) is 2. The van der Waals surface area contributed by atoms with Gasteiger partial charge in [-0.15, -0.1) is 0 Å². The topological polar surface area (TPSA) is 29.9 Å². The first-order valence-electron chi connectivity index (χ1n) is 6.01. The minimum atomic E-state index is 0.943. The van der Waals surface area contributed by atoms with Gasteiger partial charge in [-0.3, -0.25) is 0 Å².